The molecule has 0 aliphatic heterocycles. The monoisotopic (exact) mass is 299 g/mol. The van der Waals surface area contributed by atoms with Gasteiger partial charge in [0.1, 0.15) is 11.5 Å². The molecule has 0 fully saturated rings. The first-order valence-electron chi connectivity index (χ1n) is 7.38. The molecule has 0 aliphatic carbocycles. The van der Waals surface area contributed by atoms with E-state index in [9.17, 15) is 4.79 Å². The summed E-state index contributed by atoms with van der Waals surface area (Å²) in [6, 6.07) is 5.35. The van der Waals surface area contributed by atoms with Gasteiger partial charge in [-0.1, -0.05) is 6.07 Å². The van der Waals surface area contributed by atoms with Gasteiger partial charge in [-0.25, -0.2) is 15.0 Å². The highest BCUT2D eigenvalue weighted by Gasteiger charge is 2.14. The number of nitrogens with one attached hydrogen (secondary N) is 1. The highest BCUT2D eigenvalue weighted by Crippen LogP contribution is 2.12. The molecule has 1 N–H and O–H groups in total. The van der Waals surface area contributed by atoms with Gasteiger partial charge < -0.3 is 10.2 Å². The third kappa shape index (κ3) is 3.78. The van der Waals surface area contributed by atoms with Crippen molar-refractivity contribution in [3.05, 3.63) is 41.3 Å². The molecule has 0 spiro atoms. The smallest absolute Gasteiger partial charge is 0.275 e. The average molecular weight is 299 g/mol. The third-order valence-corrected chi connectivity index (χ3v) is 3.27. The molecule has 0 saturated heterocycles. The second-order valence-corrected chi connectivity index (χ2v) is 5.04. The number of carbonyl (C=O) groups is 1. The number of hydrogen-bond acceptors (Lipinski definition) is 5. The van der Waals surface area contributed by atoms with Crippen LogP contribution < -0.4 is 10.2 Å². The van der Waals surface area contributed by atoms with Crippen LogP contribution in [0.25, 0.3) is 0 Å². The first-order chi connectivity index (χ1) is 10.5. The summed E-state index contributed by atoms with van der Waals surface area (Å²) >= 11 is 0. The van der Waals surface area contributed by atoms with E-state index in [2.05, 4.69) is 20.3 Å². The Labute approximate surface area is 130 Å². The zero-order valence-electron chi connectivity index (χ0n) is 13.4. The van der Waals surface area contributed by atoms with Crippen LogP contribution in [0.4, 0.5) is 11.8 Å². The van der Waals surface area contributed by atoms with Gasteiger partial charge in [-0.2, -0.15) is 0 Å². The molecule has 0 radical (unpaired) electrons. The molecule has 0 aliphatic rings. The Bertz CT molecular complexity index is 650. The molecule has 2 aromatic heterocycles. The summed E-state index contributed by atoms with van der Waals surface area (Å²) in [5, 5.41) is 2.76. The van der Waals surface area contributed by atoms with Gasteiger partial charge in [-0.3, -0.25) is 4.79 Å². The number of carbonyl (C=O) groups excluding carboxylic acids is 1. The number of pyridine rings is 1. The van der Waals surface area contributed by atoms with E-state index in [1.807, 2.05) is 38.7 Å². The normalized spacial score (nSPS) is 10.4. The molecule has 0 bridgehead atoms. The molecule has 2 rings (SSSR count). The van der Waals surface area contributed by atoms with Crippen LogP contribution in [0, 0.1) is 13.8 Å². The topological polar surface area (TPSA) is 71.0 Å². The SMILES string of the molecule is CCN(CC)c1nc(C)cc(C(=O)Nc2ccc(C)cn2)n1. The Kier molecular flexibility index (Phi) is 5.04. The fourth-order valence-corrected chi connectivity index (χ4v) is 2.04. The van der Waals surface area contributed by atoms with Gasteiger partial charge in [0, 0.05) is 25.0 Å². The van der Waals surface area contributed by atoms with Gasteiger partial charge in [-0.05, 0) is 45.4 Å². The lowest BCUT2D eigenvalue weighted by molar-refractivity contribution is 0.102. The Balaban J connectivity index is 2.23. The quantitative estimate of drug-likeness (QED) is 0.919. The molecule has 0 aromatic carbocycles. The molecule has 6 nitrogen and oxygen atoms in total. The second kappa shape index (κ2) is 6.98. The van der Waals surface area contributed by atoms with E-state index in [1.165, 1.54) is 0 Å². The van der Waals surface area contributed by atoms with E-state index in [4.69, 9.17) is 0 Å². The minimum Gasteiger partial charge on any atom is -0.341 e. The van der Waals surface area contributed by atoms with Crippen LogP contribution in [0.15, 0.2) is 24.4 Å². The van der Waals surface area contributed by atoms with E-state index < -0.39 is 0 Å². The first kappa shape index (κ1) is 15.9. The lowest BCUT2D eigenvalue weighted by Crippen LogP contribution is -2.26. The highest BCUT2D eigenvalue weighted by atomic mass is 16.1. The van der Waals surface area contributed by atoms with Crippen molar-refractivity contribution in [3.8, 4) is 0 Å². The average Bonchev–Trinajstić information content (AvgIpc) is 2.50. The molecule has 1 amide bonds. The Hall–Kier alpha value is -2.50. The van der Waals surface area contributed by atoms with Crippen molar-refractivity contribution in [3.63, 3.8) is 0 Å². The molecule has 0 atom stereocenters. The maximum atomic E-state index is 12.3. The van der Waals surface area contributed by atoms with Crippen molar-refractivity contribution in [1.82, 2.24) is 15.0 Å². The maximum Gasteiger partial charge on any atom is 0.275 e. The summed E-state index contributed by atoms with van der Waals surface area (Å²) in [7, 11) is 0. The number of amides is 1. The van der Waals surface area contributed by atoms with Gasteiger partial charge in [0.2, 0.25) is 5.95 Å². The summed E-state index contributed by atoms with van der Waals surface area (Å²) in [6.45, 7) is 9.45. The van der Waals surface area contributed by atoms with E-state index in [0.717, 1.165) is 24.3 Å². The fraction of sp³-hybridized carbons (Fsp3) is 0.375. The summed E-state index contributed by atoms with van der Waals surface area (Å²) in [6.07, 6.45) is 1.71. The molecular formula is C16H21N5O. The largest absolute Gasteiger partial charge is 0.341 e. The zero-order chi connectivity index (χ0) is 16.1. The summed E-state index contributed by atoms with van der Waals surface area (Å²) in [5.74, 6) is 0.804. The van der Waals surface area contributed by atoms with Crippen molar-refractivity contribution in [2.24, 2.45) is 0 Å². The van der Waals surface area contributed by atoms with Crippen molar-refractivity contribution < 1.29 is 4.79 Å². The van der Waals surface area contributed by atoms with Crippen molar-refractivity contribution >= 4 is 17.7 Å². The number of nitrogens with zero attached hydrogens (tertiary/aromatic N) is 4. The maximum absolute atomic E-state index is 12.3. The van der Waals surface area contributed by atoms with Gasteiger partial charge in [0.15, 0.2) is 0 Å². The van der Waals surface area contributed by atoms with E-state index in [0.29, 0.717) is 17.5 Å². The molecule has 22 heavy (non-hydrogen) atoms. The predicted molar refractivity (Wildman–Crippen MR) is 87.3 cm³/mol. The van der Waals surface area contributed by atoms with Gasteiger partial charge in [-0.15, -0.1) is 0 Å². The van der Waals surface area contributed by atoms with Crippen LogP contribution in [0.1, 0.15) is 35.6 Å². The lowest BCUT2D eigenvalue weighted by Gasteiger charge is -2.19. The van der Waals surface area contributed by atoms with Crippen LogP contribution in [-0.2, 0) is 0 Å². The second-order valence-electron chi connectivity index (χ2n) is 5.04. The summed E-state index contributed by atoms with van der Waals surface area (Å²) < 4.78 is 0. The third-order valence-electron chi connectivity index (χ3n) is 3.27. The fourth-order valence-electron chi connectivity index (χ4n) is 2.04. The van der Waals surface area contributed by atoms with Crippen molar-refractivity contribution in [2.75, 3.05) is 23.3 Å². The van der Waals surface area contributed by atoms with E-state index in [1.54, 1.807) is 18.3 Å². The Morgan fingerprint density at radius 1 is 1.18 bits per heavy atom. The van der Waals surface area contributed by atoms with Gasteiger partial charge in [0.25, 0.3) is 5.91 Å². The minimum atomic E-state index is -0.282. The van der Waals surface area contributed by atoms with Crippen LogP contribution in [0.3, 0.4) is 0 Å². The van der Waals surface area contributed by atoms with Crippen LogP contribution in [0.5, 0.6) is 0 Å². The van der Waals surface area contributed by atoms with Gasteiger partial charge >= 0.3 is 0 Å². The van der Waals surface area contributed by atoms with Crippen molar-refractivity contribution in [2.45, 2.75) is 27.7 Å². The standard InChI is InChI=1S/C16H21N5O/c1-5-21(6-2)16-18-12(4)9-13(19-16)15(22)20-14-8-7-11(3)10-17-14/h7-10H,5-6H2,1-4H3,(H,17,20,22). The van der Waals surface area contributed by atoms with E-state index in [-0.39, 0.29) is 5.91 Å². The van der Waals surface area contributed by atoms with Crippen LogP contribution in [0.2, 0.25) is 0 Å². The van der Waals surface area contributed by atoms with Crippen molar-refractivity contribution in [1.29, 1.82) is 0 Å². The number of rotatable bonds is 5. The summed E-state index contributed by atoms with van der Waals surface area (Å²) in [4.78, 5) is 27.3. The molecule has 2 aromatic rings. The Morgan fingerprint density at radius 2 is 1.91 bits per heavy atom. The van der Waals surface area contributed by atoms with E-state index >= 15 is 0 Å². The first-order valence-corrected chi connectivity index (χ1v) is 7.38. The number of anilines is 2. The Morgan fingerprint density at radius 3 is 2.50 bits per heavy atom. The minimum absolute atomic E-state index is 0.282. The molecular weight excluding hydrogens is 278 g/mol. The highest BCUT2D eigenvalue weighted by molar-refractivity contribution is 6.02. The lowest BCUT2D eigenvalue weighted by atomic mass is 10.3. The van der Waals surface area contributed by atoms with Crippen LogP contribution in [-0.4, -0.2) is 33.9 Å². The van der Waals surface area contributed by atoms with Gasteiger partial charge in [0.05, 0.1) is 0 Å². The number of aromatic nitrogens is 3. The number of aryl methyl sites for hydroxylation is 2. The predicted octanol–water partition coefficient (Wildman–Crippen LogP) is 2.59. The molecule has 0 saturated carbocycles. The molecule has 6 heteroatoms. The molecule has 0 unspecified atom stereocenters. The number of hydrogen-bond donors (Lipinski definition) is 1. The molecule has 2 heterocycles. The summed E-state index contributed by atoms with van der Waals surface area (Å²) in [5.41, 5.74) is 2.15. The zero-order valence-corrected chi connectivity index (χ0v) is 13.4. The van der Waals surface area contributed by atoms with Crippen LogP contribution >= 0.6 is 0 Å². The molecule has 116 valence electrons.